The fraction of sp³-hybridized carbons (Fsp3) is 0.250. The van der Waals surface area contributed by atoms with E-state index in [-0.39, 0.29) is 6.85 Å². The summed E-state index contributed by atoms with van der Waals surface area (Å²) in [6.45, 7) is 9.17. The first kappa shape index (κ1) is 24.3. The Morgan fingerprint density at radius 2 is 1.63 bits per heavy atom. The van der Waals surface area contributed by atoms with Crippen LogP contribution in [0.5, 0.6) is 0 Å². The van der Waals surface area contributed by atoms with Crippen molar-refractivity contribution < 1.29 is 8.98 Å². The van der Waals surface area contributed by atoms with Crippen LogP contribution >= 0.6 is 0 Å². The van der Waals surface area contributed by atoms with Crippen LogP contribution in [0.3, 0.4) is 0 Å². The number of pyridine rings is 1. The van der Waals surface area contributed by atoms with Crippen molar-refractivity contribution in [1.29, 1.82) is 0 Å². The lowest BCUT2D eigenvalue weighted by Crippen LogP contribution is -2.62. The van der Waals surface area contributed by atoms with Gasteiger partial charge in [0.05, 0.1) is 7.05 Å². The highest BCUT2D eigenvalue weighted by atomic mass is 16.3. The third kappa shape index (κ3) is 3.96. The number of hydrogen-bond acceptors (Lipinski definition) is 3. The quantitative estimate of drug-likeness (QED) is 0.267. The minimum atomic E-state index is -0.00288. The van der Waals surface area contributed by atoms with E-state index in [2.05, 4.69) is 134 Å². The van der Waals surface area contributed by atoms with Gasteiger partial charge in [-0.1, -0.05) is 58.0 Å². The first-order valence-electron chi connectivity index (χ1n) is 13.4. The smallest absolute Gasteiger partial charge is 0.424 e. The second kappa shape index (κ2) is 9.36. The monoisotopic (exact) mass is 501 g/mol. The molecule has 6 rings (SSSR count). The number of hydrogen-bond donors (Lipinski definition) is 0. The molecule has 0 spiro atoms. The molecule has 0 N–H and O–H groups in total. The van der Waals surface area contributed by atoms with Crippen LogP contribution in [0.1, 0.15) is 50.7 Å². The largest absolute Gasteiger partial charge is 0.439 e. The maximum atomic E-state index is 6.20. The third-order valence-electron chi connectivity index (χ3n) is 7.69. The molecule has 5 nitrogen and oxygen atoms in total. The Hall–Kier alpha value is -4.06. The van der Waals surface area contributed by atoms with Crippen LogP contribution in [0.2, 0.25) is 0 Å². The molecule has 0 aliphatic carbocycles. The van der Waals surface area contributed by atoms with Gasteiger partial charge in [0.1, 0.15) is 23.5 Å². The molecule has 0 radical (unpaired) electrons. The van der Waals surface area contributed by atoms with Crippen molar-refractivity contribution in [2.45, 2.75) is 39.5 Å². The van der Waals surface area contributed by atoms with Gasteiger partial charge in [0, 0.05) is 27.9 Å². The SMILES string of the molecule is CC(C)c1cc(-c2ccccc2)cc(C(C)C)c1-n1cc[n+](C)c1B1C=c2oc3ncccc3c2=CN1C. The van der Waals surface area contributed by atoms with E-state index in [1.54, 1.807) is 6.20 Å². The second-order valence-corrected chi connectivity index (χ2v) is 11.0. The zero-order valence-electron chi connectivity index (χ0n) is 23.0. The van der Waals surface area contributed by atoms with Gasteiger partial charge in [0.25, 0.3) is 0 Å². The Morgan fingerprint density at radius 1 is 0.921 bits per heavy atom. The minimum absolute atomic E-state index is 0.00288. The molecule has 0 saturated heterocycles. The van der Waals surface area contributed by atoms with Gasteiger partial charge in [0.2, 0.25) is 11.4 Å². The van der Waals surface area contributed by atoms with E-state index < -0.39 is 0 Å². The van der Waals surface area contributed by atoms with Crippen molar-refractivity contribution in [1.82, 2.24) is 14.4 Å². The van der Waals surface area contributed by atoms with Crippen LogP contribution in [-0.2, 0) is 7.05 Å². The Bertz CT molecular complexity index is 1740. The Morgan fingerprint density at radius 3 is 2.32 bits per heavy atom. The maximum absolute atomic E-state index is 6.20. The van der Waals surface area contributed by atoms with Gasteiger partial charge in [-0.2, -0.15) is 0 Å². The third-order valence-corrected chi connectivity index (χ3v) is 7.69. The molecule has 3 aromatic heterocycles. The highest BCUT2D eigenvalue weighted by Crippen LogP contribution is 2.35. The standard InChI is InChI=1S/C32H34BN4O/c1-21(2)26-17-24(23-11-8-7-9-12-23)18-27(22(3)4)30(26)37-16-15-35(5)32(37)33-19-29-28(20-36(33)6)25-13-10-14-34-31(25)38-29/h7-22H,1-6H3/q+1. The second-order valence-electron chi connectivity index (χ2n) is 11.0. The van der Waals surface area contributed by atoms with E-state index in [0.717, 1.165) is 16.0 Å². The molecular formula is C32H34BN4O+. The summed E-state index contributed by atoms with van der Waals surface area (Å²) in [6, 6.07) is 19.5. The molecule has 0 unspecified atom stereocenters. The number of fused-ring (bicyclic) bond motifs is 3. The first-order chi connectivity index (χ1) is 18.3. The zero-order chi connectivity index (χ0) is 26.6. The van der Waals surface area contributed by atoms with E-state index in [1.165, 1.54) is 33.7 Å². The molecule has 5 aromatic rings. The fourth-order valence-corrected chi connectivity index (χ4v) is 5.69. The van der Waals surface area contributed by atoms with Crippen LogP contribution in [0.15, 0.2) is 77.6 Å². The first-order valence-corrected chi connectivity index (χ1v) is 13.4. The van der Waals surface area contributed by atoms with Gasteiger partial charge in [-0.3, -0.25) is 0 Å². The van der Waals surface area contributed by atoms with Crippen molar-refractivity contribution in [3.8, 4) is 16.8 Å². The summed E-state index contributed by atoms with van der Waals surface area (Å²) >= 11 is 0. The van der Waals surface area contributed by atoms with Crippen molar-refractivity contribution in [2.24, 2.45) is 7.05 Å². The summed E-state index contributed by atoms with van der Waals surface area (Å²) in [4.78, 5) is 6.72. The van der Waals surface area contributed by atoms with E-state index in [9.17, 15) is 0 Å². The van der Waals surface area contributed by atoms with Crippen molar-refractivity contribution in [3.05, 3.63) is 94.9 Å². The highest BCUT2D eigenvalue weighted by molar-refractivity contribution is 6.82. The predicted molar refractivity (Wildman–Crippen MR) is 156 cm³/mol. The molecule has 4 heterocycles. The van der Waals surface area contributed by atoms with Crippen molar-refractivity contribution in [3.63, 3.8) is 0 Å². The van der Waals surface area contributed by atoms with Gasteiger partial charge in [-0.05, 0) is 66.5 Å². The molecule has 0 fully saturated rings. The molecule has 6 heteroatoms. The Balaban J connectivity index is 1.58. The maximum Gasteiger partial charge on any atom is 0.424 e. The number of rotatable bonds is 5. The van der Waals surface area contributed by atoms with Crippen molar-refractivity contribution >= 4 is 35.8 Å². The molecule has 0 saturated carbocycles. The molecule has 190 valence electrons. The molecule has 1 aliphatic rings. The molecule has 0 atom stereocenters. The van der Waals surface area contributed by atoms with E-state index in [1.807, 2.05) is 6.07 Å². The lowest BCUT2D eigenvalue weighted by Gasteiger charge is -2.23. The average Bonchev–Trinajstić information content (AvgIpc) is 3.47. The zero-order valence-corrected chi connectivity index (χ0v) is 23.0. The molecule has 0 amide bonds. The number of benzene rings is 2. The van der Waals surface area contributed by atoms with E-state index in [0.29, 0.717) is 17.5 Å². The Labute approximate surface area is 224 Å². The van der Waals surface area contributed by atoms with Crippen LogP contribution < -0.4 is 20.9 Å². The summed E-state index contributed by atoms with van der Waals surface area (Å²) < 4.78 is 10.8. The topological polar surface area (TPSA) is 38.1 Å². The number of aryl methyl sites for hydroxylation is 1. The summed E-state index contributed by atoms with van der Waals surface area (Å²) in [6.07, 6.45) is 8.34. The van der Waals surface area contributed by atoms with Gasteiger partial charge in [-0.25, -0.2) is 14.1 Å². The number of aromatic nitrogens is 3. The summed E-state index contributed by atoms with van der Waals surface area (Å²) in [7, 11) is 4.27. The number of nitrogens with zero attached hydrogens (tertiary/aromatic N) is 4. The molecule has 0 bridgehead atoms. The predicted octanol–water partition coefficient (Wildman–Crippen LogP) is 4.26. The van der Waals surface area contributed by atoms with Gasteiger partial charge >= 0.3 is 6.85 Å². The lowest BCUT2D eigenvalue weighted by atomic mass is 9.58. The summed E-state index contributed by atoms with van der Waals surface area (Å²) in [5, 5.41) is 2.13. The average molecular weight is 501 g/mol. The lowest BCUT2D eigenvalue weighted by molar-refractivity contribution is -0.653. The molecule has 1 aliphatic heterocycles. The minimum Gasteiger partial charge on any atom is -0.439 e. The Kier molecular flexibility index (Phi) is 5.98. The summed E-state index contributed by atoms with van der Waals surface area (Å²) in [5.74, 6) is 2.95. The van der Waals surface area contributed by atoms with E-state index >= 15 is 0 Å². The highest BCUT2D eigenvalue weighted by Gasteiger charge is 2.37. The molecule has 38 heavy (non-hydrogen) atoms. The van der Waals surface area contributed by atoms with Crippen LogP contribution in [0, 0.1) is 0 Å². The van der Waals surface area contributed by atoms with Gasteiger partial charge < -0.3 is 9.23 Å². The number of furan rings is 1. The normalized spacial score (nSPS) is 13.3. The van der Waals surface area contributed by atoms with Crippen LogP contribution in [0.25, 0.3) is 40.1 Å². The van der Waals surface area contributed by atoms with E-state index in [4.69, 9.17) is 4.42 Å². The fourth-order valence-electron chi connectivity index (χ4n) is 5.69. The number of imidazole rings is 1. The van der Waals surface area contributed by atoms with Crippen LogP contribution in [-0.4, -0.2) is 28.3 Å². The molecular weight excluding hydrogens is 467 g/mol. The summed E-state index contributed by atoms with van der Waals surface area (Å²) in [5.41, 5.74) is 9.24. The van der Waals surface area contributed by atoms with Gasteiger partial charge in [-0.15, -0.1) is 0 Å². The molecule has 2 aromatic carbocycles. The van der Waals surface area contributed by atoms with Crippen LogP contribution in [0.4, 0.5) is 0 Å². The van der Waals surface area contributed by atoms with Crippen molar-refractivity contribution in [2.75, 3.05) is 7.05 Å². The van der Waals surface area contributed by atoms with Gasteiger partial charge in [0.15, 0.2) is 0 Å².